The van der Waals surface area contributed by atoms with E-state index in [0.29, 0.717) is 0 Å². The van der Waals surface area contributed by atoms with Gasteiger partial charge in [-0.3, -0.25) is 0 Å². The topological polar surface area (TPSA) is 13.1 Å². The molecular formula is C15H12O. The van der Waals surface area contributed by atoms with Crippen molar-refractivity contribution in [3.63, 3.8) is 0 Å². The molecule has 1 heterocycles. The Hall–Kier alpha value is -2.02. The zero-order valence-corrected chi connectivity index (χ0v) is 9.10. The van der Waals surface area contributed by atoms with Crippen LogP contribution in [0.1, 0.15) is 5.56 Å². The Labute approximate surface area is 94.3 Å². The molecular weight excluding hydrogens is 196 g/mol. The number of furan rings is 1. The van der Waals surface area contributed by atoms with Gasteiger partial charge in [-0.1, -0.05) is 48.5 Å². The predicted molar refractivity (Wildman–Crippen MR) is 66.4 cm³/mol. The molecule has 0 saturated carbocycles. The second-order valence-electron chi connectivity index (χ2n) is 3.97. The Morgan fingerprint density at radius 1 is 0.875 bits per heavy atom. The molecule has 0 unspecified atom stereocenters. The molecule has 0 aliphatic carbocycles. The Balaban J connectivity index is 2.31. The van der Waals surface area contributed by atoms with Gasteiger partial charge in [-0.15, -0.1) is 0 Å². The molecule has 0 aliphatic heterocycles. The van der Waals surface area contributed by atoms with Crippen LogP contribution in [0.5, 0.6) is 0 Å². The van der Waals surface area contributed by atoms with Gasteiger partial charge in [-0.25, -0.2) is 0 Å². The van der Waals surface area contributed by atoms with Crippen LogP contribution < -0.4 is 0 Å². The number of rotatable bonds is 1. The Morgan fingerprint density at radius 3 is 2.50 bits per heavy atom. The van der Waals surface area contributed by atoms with Gasteiger partial charge in [-0.05, 0) is 12.5 Å². The lowest BCUT2D eigenvalue weighted by molar-refractivity contribution is 0.587. The first-order chi connectivity index (χ1) is 7.86. The molecule has 0 saturated heterocycles. The molecule has 3 aromatic rings. The van der Waals surface area contributed by atoms with Crippen LogP contribution in [0, 0.1) is 6.92 Å². The summed E-state index contributed by atoms with van der Waals surface area (Å²) in [6.45, 7) is 2.10. The standard InChI is InChI=1S/C15H12O/c1-11-6-2-4-8-13(11)15-14-9-5-3-7-12(14)10-16-15/h2-10H,1H3. The number of benzene rings is 2. The summed E-state index contributed by atoms with van der Waals surface area (Å²) in [5.74, 6) is 0.966. The van der Waals surface area contributed by atoms with Crippen molar-refractivity contribution >= 4 is 10.8 Å². The average molecular weight is 208 g/mol. The lowest BCUT2D eigenvalue weighted by atomic mass is 10.0. The van der Waals surface area contributed by atoms with E-state index in [-0.39, 0.29) is 0 Å². The molecule has 0 bridgehead atoms. The lowest BCUT2D eigenvalue weighted by Gasteiger charge is -2.02. The maximum Gasteiger partial charge on any atom is 0.141 e. The normalized spacial score (nSPS) is 10.8. The van der Waals surface area contributed by atoms with Crippen molar-refractivity contribution in [1.82, 2.24) is 0 Å². The zero-order chi connectivity index (χ0) is 11.0. The average Bonchev–Trinajstić information content (AvgIpc) is 2.74. The number of hydrogen-bond acceptors (Lipinski definition) is 1. The lowest BCUT2D eigenvalue weighted by Crippen LogP contribution is -1.80. The highest BCUT2D eigenvalue weighted by Crippen LogP contribution is 2.31. The van der Waals surface area contributed by atoms with Gasteiger partial charge in [0.25, 0.3) is 0 Å². The van der Waals surface area contributed by atoms with Gasteiger partial charge < -0.3 is 4.42 Å². The van der Waals surface area contributed by atoms with Crippen molar-refractivity contribution in [2.45, 2.75) is 6.92 Å². The summed E-state index contributed by atoms with van der Waals surface area (Å²) in [6.07, 6.45) is 1.82. The van der Waals surface area contributed by atoms with Crippen LogP contribution in [-0.2, 0) is 0 Å². The highest BCUT2D eigenvalue weighted by Gasteiger charge is 2.09. The molecule has 1 heteroatoms. The summed E-state index contributed by atoms with van der Waals surface area (Å²) < 4.78 is 5.68. The van der Waals surface area contributed by atoms with Crippen LogP contribution in [0.3, 0.4) is 0 Å². The van der Waals surface area contributed by atoms with Gasteiger partial charge in [0.2, 0.25) is 0 Å². The van der Waals surface area contributed by atoms with Crippen LogP contribution in [0.4, 0.5) is 0 Å². The number of aryl methyl sites for hydroxylation is 1. The van der Waals surface area contributed by atoms with Crippen molar-refractivity contribution in [3.05, 3.63) is 60.4 Å². The van der Waals surface area contributed by atoms with E-state index in [1.807, 2.05) is 30.5 Å². The van der Waals surface area contributed by atoms with Crippen LogP contribution in [0.2, 0.25) is 0 Å². The van der Waals surface area contributed by atoms with Crippen molar-refractivity contribution in [2.24, 2.45) is 0 Å². The first-order valence-electron chi connectivity index (χ1n) is 5.38. The Morgan fingerprint density at radius 2 is 1.62 bits per heavy atom. The van der Waals surface area contributed by atoms with Crippen LogP contribution >= 0.6 is 0 Å². The SMILES string of the molecule is Cc1ccccc1-c1occ2ccccc12. The molecule has 0 atom stereocenters. The molecule has 0 fully saturated rings. The summed E-state index contributed by atoms with van der Waals surface area (Å²) in [5.41, 5.74) is 2.41. The minimum atomic E-state index is 0.966. The van der Waals surface area contributed by atoms with E-state index in [1.54, 1.807) is 0 Å². The monoisotopic (exact) mass is 208 g/mol. The number of hydrogen-bond donors (Lipinski definition) is 0. The molecule has 0 radical (unpaired) electrons. The third-order valence-electron chi connectivity index (χ3n) is 2.90. The third kappa shape index (κ3) is 1.33. The molecule has 3 rings (SSSR count). The first-order valence-corrected chi connectivity index (χ1v) is 5.38. The molecule has 0 N–H and O–H groups in total. The van der Waals surface area contributed by atoms with E-state index in [0.717, 1.165) is 11.1 Å². The Bertz CT molecular complexity index is 634. The summed E-state index contributed by atoms with van der Waals surface area (Å²) in [5, 5.41) is 2.33. The fourth-order valence-electron chi connectivity index (χ4n) is 2.03. The molecule has 16 heavy (non-hydrogen) atoms. The van der Waals surface area contributed by atoms with E-state index in [2.05, 4.69) is 31.2 Å². The predicted octanol–water partition coefficient (Wildman–Crippen LogP) is 4.41. The first kappa shape index (κ1) is 9.22. The molecule has 0 aliphatic rings. The van der Waals surface area contributed by atoms with Crippen LogP contribution in [0.15, 0.2) is 59.2 Å². The molecule has 1 aromatic heterocycles. The van der Waals surface area contributed by atoms with E-state index in [9.17, 15) is 0 Å². The molecule has 1 nitrogen and oxygen atoms in total. The van der Waals surface area contributed by atoms with Gasteiger partial charge >= 0.3 is 0 Å². The van der Waals surface area contributed by atoms with Gasteiger partial charge in [-0.2, -0.15) is 0 Å². The van der Waals surface area contributed by atoms with Crippen LogP contribution in [-0.4, -0.2) is 0 Å². The summed E-state index contributed by atoms with van der Waals surface area (Å²) in [6, 6.07) is 16.5. The quantitative estimate of drug-likeness (QED) is 0.577. The van der Waals surface area contributed by atoms with Crippen molar-refractivity contribution < 1.29 is 4.42 Å². The number of fused-ring (bicyclic) bond motifs is 1. The molecule has 2 aromatic carbocycles. The minimum Gasteiger partial charge on any atom is -0.463 e. The smallest absolute Gasteiger partial charge is 0.141 e. The van der Waals surface area contributed by atoms with E-state index < -0.39 is 0 Å². The van der Waals surface area contributed by atoms with Crippen LogP contribution in [0.25, 0.3) is 22.1 Å². The summed E-state index contributed by atoms with van der Waals surface area (Å²) in [7, 11) is 0. The van der Waals surface area contributed by atoms with Gasteiger partial charge in [0, 0.05) is 16.3 Å². The third-order valence-corrected chi connectivity index (χ3v) is 2.90. The second kappa shape index (κ2) is 3.53. The highest BCUT2D eigenvalue weighted by molar-refractivity contribution is 5.94. The van der Waals surface area contributed by atoms with Crippen molar-refractivity contribution in [2.75, 3.05) is 0 Å². The summed E-state index contributed by atoms with van der Waals surface area (Å²) in [4.78, 5) is 0. The van der Waals surface area contributed by atoms with Gasteiger partial charge in [0.1, 0.15) is 5.76 Å². The fraction of sp³-hybridized carbons (Fsp3) is 0.0667. The Kier molecular flexibility index (Phi) is 2.03. The van der Waals surface area contributed by atoms with E-state index in [4.69, 9.17) is 4.42 Å². The highest BCUT2D eigenvalue weighted by atomic mass is 16.3. The maximum atomic E-state index is 5.68. The van der Waals surface area contributed by atoms with Crippen molar-refractivity contribution in [1.29, 1.82) is 0 Å². The van der Waals surface area contributed by atoms with Crippen molar-refractivity contribution in [3.8, 4) is 11.3 Å². The van der Waals surface area contributed by atoms with E-state index in [1.165, 1.54) is 16.5 Å². The maximum absolute atomic E-state index is 5.68. The molecule has 0 amide bonds. The second-order valence-corrected chi connectivity index (χ2v) is 3.97. The fourth-order valence-corrected chi connectivity index (χ4v) is 2.03. The zero-order valence-electron chi connectivity index (χ0n) is 9.10. The molecule has 78 valence electrons. The van der Waals surface area contributed by atoms with E-state index >= 15 is 0 Å². The largest absolute Gasteiger partial charge is 0.463 e. The van der Waals surface area contributed by atoms with Gasteiger partial charge in [0.05, 0.1) is 6.26 Å². The summed E-state index contributed by atoms with van der Waals surface area (Å²) >= 11 is 0. The van der Waals surface area contributed by atoms with Gasteiger partial charge in [0.15, 0.2) is 0 Å². The minimum absolute atomic E-state index is 0.966. The molecule has 0 spiro atoms.